The van der Waals surface area contributed by atoms with Crippen molar-refractivity contribution in [2.75, 3.05) is 0 Å². The van der Waals surface area contributed by atoms with Gasteiger partial charge in [-0.25, -0.2) is 0 Å². The highest BCUT2D eigenvalue weighted by molar-refractivity contribution is 7.26. The molecule has 0 fully saturated rings. The zero-order chi connectivity index (χ0) is 35.0. The fourth-order valence-electron chi connectivity index (χ4n) is 9.81. The first-order chi connectivity index (χ1) is 26.1. The van der Waals surface area contributed by atoms with Crippen LogP contribution in [0.4, 0.5) is 0 Å². The summed E-state index contributed by atoms with van der Waals surface area (Å²) in [4.78, 5) is 0. The van der Waals surface area contributed by atoms with Crippen molar-refractivity contribution in [3.63, 3.8) is 0 Å². The number of benzene rings is 9. The van der Waals surface area contributed by atoms with Crippen LogP contribution < -0.4 is 0 Å². The van der Waals surface area contributed by atoms with Gasteiger partial charge in [0.15, 0.2) is 0 Å². The maximum atomic E-state index is 2.57. The first-order valence-corrected chi connectivity index (χ1v) is 19.3. The second-order valence-corrected chi connectivity index (χ2v) is 16.3. The highest BCUT2D eigenvalue weighted by Gasteiger charge is 2.38. The van der Waals surface area contributed by atoms with E-state index < -0.39 is 0 Å². The summed E-state index contributed by atoms with van der Waals surface area (Å²) in [5.41, 5.74) is 11.6. The summed E-state index contributed by atoms with van der Waals surface area (Å²) in [6.45, 7) is 4.82. The third-order valence-corrected chi connectivity index (χ3v) is 13.4. The van der Waals surface area contributed by atoms with E-state index in [1.807, 2.05) is 11.3 Å². The molecule has 12 rings (SSSR count). The van der Waals surface area contributed by atoms with Crippen LogP contribution in [0.15, 0.2) is 164 Å². The Kier molecular flexibility index (Phi) is 5.78. The van der Waals surface area contributed by atoms with E-state index in [0.717, 1.165) is 0 Å². The first-order valence-electron chi connectivity index (χ1n) is 18.5. The minimum atomic E-state index is -0.164. The van der Waals surface area contributed by atoms with E-state index in [9.17, 15) is 0 Å². The Bertz CT molecular complexity index is 3340. The van der Waals surface area contributed by atoms with Crippen molar-refractivity contribution in [1.29, 1.82) is 0 Å². The molecule has 0 amide bonds. The molecule has 9 aromatic carbocycles. The second kappa shape index (κ2) is 10.4. The zero-order valence-electron chi connectivity index (χ0n) is 29.4. The monoisotopic (exact) mass is 691 g/mol. The van der Waals surface area contributed by atoms with Crippen molar-refractivity contribution in [3.05, 3.63) is 175 Å². The van der Waals surface area contributed by atoms with Gasteiger partial charge in [0.05, 0.1) is 11.0 Å². The van der Waals surface area contributed by atoms with Gasteiger partial charge in [0, 0.05) is 42.0 Å². The summed E-state index contributed by atoms with van der Waals surface area (Å²) in [5.74, 6) is 0. The zero-order valence-corrected chi connectivity index (χ0v) is 30.3. The van der Waals surface area contributed by atoms with Crippen molar-refractivity contribution in [2.45, 2.75) is 19.3 Å². The van der Waals surface area contributed by atoms with Crippen LogP contribution >= 0.6 is 11.3 Å². The van der Waals surface area contributed by atoms with Crippen LogP contribution in [0.2, 0.25) is 0 Å². The number of nitrogens with zero attached hydrogens (tertiary/aromatic N) is 1. The molecule has 1 aliphatic carbocycles. The predicted molar refractivity (Wildman–Crippen MR) is 229 cm³/mol. The molecule has 0 bridgehead atoms. The Morgan fingerprint density at radius 1 is 0.434 bits per heavy atom. The molecule has 248 valence electrons. The van der Waals surface area contributed by atoms with Crippen molar-refractivity contribution in [2.24, 2.45) is 0 Å². The summed E-state index contributed by atoms with van der Waals surface area (Å²) in [6.07, 6.45) is 0. The number of rotatable bonds is 2. The topological polar surface area (TPSA) is 4.93 Å². The lowest BCUT2D eigenvalue weighted by molar-refractivity contribution is 0.664. The summed E-state index contributed by atoms with van der Waals surface area (Å²) in [6, 6.07) is 61.5. The van der Waals surface area contributed by atoms with Gasteiger partial charge in [-0.05, 0) is 96.0 Å². The van der Waals surface area contributed by atoms with E-state index in [1.165, 1.54) is 113 Å². The summed E-state index contributed by atoms with van der Waals surface area (Å²) in [5, 5.41) is 13.0. The molecular weight excluding hydrogens is 659 g/mol. The molecule has 0 saturated heterocycles. The number of hydrogen-bond donors (Lipinski definition) is 0. The second-order valence-electron chi connectivity index (χ2n) is 15.2. The average molecular weight is 692 g/mol. The van der Waals surface area contributed by atoms with Gasteiger partial charge in [-0.2, -0.15) is 0 Å². The molecular formula is C51H33NS. The van der Waals surface area contributed by atoms with E-state index in [-0.39, 0.29) is 5.41 Å². The molecule has 1 aliphatic rings. The van der Waals surface area contributed by atoms with Crippen LogP contribution in [0.1, 0.15) is 25.0 Å². The molecule has 0 unspecified atom stereocenters. The molecule has 0 atom stereocenters. The lowest BCUT2D eigenvalue weighted by Crippen LogP contribution is -2.16. The summed E-state index contributed by atoms with van der Waals surface area (Å²) >= 11 is 1.90. The Labute approximate surface area is 311 Å². The predicted octanol–water partition coefficient (Wildman–Crippen LogP) is 14.6. The van der Waals surface area contributed by atoms with Crippen LogP contribution in [0.5, 0.6) is 0 Å². The SMILES string of the molecule is CC1(C)c2ccccc2-c2ccc3c4cc(-c5cccc6c5sc5ccccc56)ccc4n(-c4ccc5c6ccccc6c6ccccc6c5c4)c3c21. The van der Waals surface area contributed by atoms with Crippen molar-refractivity contribution >= 4 is 85.6 Å². The van der Waals surface area contributed by atoms with Gasteiger partial charge in [-0.15, -0.1) is 11.3 Å². The van der Waals surface area contributed by atoms with E-state index in [4.69, 9.17) is 0 Å². The van der Waals surface area contributed by atoms with E-state index >= 15 is 0 Å². The van der Waals surface area contributed by atoms with E-state index in [0.29, 0.717) is 0 Å². The molecule has 1 nitrogen and oxygen atoms in total. The fourth-order valence-corrected chi connectivity index (χ4v) is 11.0. The van der Waals surface area contributed by atoms with Crippen molar-refractivity contribution in [3.8, 4) is 27.9 Å². The molecule has 0 radical (unpaired) electrons. The molecule has 11 aromatic rings. The summed E-state index contributed by atoms with van der Waals surface area (Å²) < 4.78 is 5.26. The van der Waals surface area contributed by atoms with Crippen LogP contribution in [0.3, 0.4) is 0 Å². The Balaban J connectivity index is 1.20. The molecule has 53 heavy (non-hydrogen) atoms. The lowest BCUT2D eigenvalue weighted by Gasteiger charge is -2.24. The Morgan fingerprint density at radius 2 is 1.06 bits per heavy atom. The van der Waals surface area contributed by atoms with Gasteiger partial charge in [0.1, 0.15) is 0 Å². The van der Waals surface area contributed by atoms with E-state index in [2.05, 4.69) is 182 Å². The molecule has 2 heteroatoms. The fraction of sp³-hybridized carbons (Fsp3) is 0.0588. The van der Waals surface area contributed by atoms with E-state index in [1.54, 1.807) is 0 Å². The quantitative estimate of drug-likeness (QED) is 0.159. The highest BCUT2D eigenvalue weighted by Crippen LogP contribution is 2.53. The number of aromatic nitrogens is 1. The van der Waals surface area contributed by atoms with Gasteiger partial charge in [-0.1, -0.05) is 147 Å². The largest absolute Gasteiger partial charge is 0.309 e. The number of hydrogen-bond acceptors (Lipinski definition) is 1. The normalized spacial score (nSPS) is 13.6. The Morgan fingerprint density at radius 3 is 1.85 bits per heavy atom. The smallest absolute Gasteiger partial charge is 0.0588 e. The van der Waals surface area contributed by atoms with Gasteiger partial charge in [-0.3, -0.25) is 0 Å². The number of thiophene rings is 1. The Hall–Kier alpha value is -6.22. The standard InChI is InChI=1S/C51H33NS/c1-51(2)45-20-9-7-16-38(45)40-25-26-41-44-28-30(32-18-11-19-42-39-17-8-10-21-47(39)53-50(32)42)22-27-46(44)52(49(41)48(40)51)31-23-24-37-35-14-4-3-12-33(35)34-13-5-6-15-36(34)43(37)29-31/h3-29H,1-2H3. The maximum absolute atomic E-state index is 2.57. The highest BCUT2D eigenvalue weighted by atomic mass is 32.1. The average Bonchev–Trinajstić information content (AvgIpc) is 3.83. The van der Waals surface area contributed by atoms with Gasteiger partial charge >= 0.3 is 0 Å². The third-order valence-electron chi connectivity index (χ3n) is 12.1. The molecule has 0 spiro atoms. The molecule has 2 heterocycles. The van der Waals surface area contributed by atoms with Crippen molar-refractivity contribution < 1.29 is 0 Å². The minimum Gasteiger partial charge on any atom is -0.309 e. The van der Waals surface area contributed by atoms with Crippen LogP contribution in [-0.2, 0) is 5.41 Å². The molecule has 2 aromatic heterocycles. The molecule has 0 aliphatic heterocycles. The molecule has 0 N–H and O–H groups in total. The van der Waals surface area contributed by atoms with Crippen molar-refractivity contribution in [1.82, 2.24) is 4.57 Å². The lowest BCUT2D eigenvalue weighted by atomic mass is 9.81. The van der Waals surface area contributed by atoms with Gasteiger partial charge in [0.2, 0.25) is 0 Å². The maximum Gasteiger partial charge on any atom is 0.0588 e. The van der Waals surface area contributed by atoms with Crippen LogP contribution in [0, 0.1) is 0 Å². The first kappa shape index (κ1) is 29.4. The van der Waals surface area contributed by atoms with Gasteiger partial charge in [0.25, 0.3) is 0 Å². The van der Waals surface area contributed by atoms with Crippen LogP contribution in [-0.4, -0.2) is 4.57 Å². The summed E-state index contributed by atoms with van der Waals surface area (Å²) in [7, 11) is 0. The minimum absolute atomic E-state index is 0.164. The third kappa shape index (κ3) is 3.86. The van der Waals surface area contributed by atoms with Crippen LogP contribution in [0.25, 0.3) is 102 Å². The van der Waals surface area contributed by atoms with Gasteiger partial charge < -0.3 is 4.57 Å². The number of fused-ring (bicyclic) bond motifs is 16. The molecule has 0 saturated carbocycles.